The predicted molar refractivity (Wildman–Crippen MR) is 113 cm³/mol. The molecule has 3 aromatic rings. The van der Waals surface area contributed by atoms with Gasteiger partial charge in [-0.2, -0.15) is 22.0 Å². The molecule has 0 aromatic carbocycles. The summed E-state index contributed by atoms with van der Waals surface area (Å²) < 4.78 is 66.4. The summed E-state index contributed by atoms with van der Waals surface area (Å²) in [7, 11) is 0. The number of fused-ring (bicyclic) bond motifs is 2. The van der Waals surface area contributed by atoms with Gasteiger partial charge in [0, 0.05) is 25.0 Å². The average Bonchev–Trinajstić information content (AvgIpc) is 3.46. The van der Waals surface area contributed by atoms with Crippen molar-refractivity contribution in [3.8, 4) is 11.5 Å². The number of imidazole rings is 1. The standard InChI is InChI=1S/C20H18F5N9O2/c21-18(22,20(23,24)25)4-3-9-15-28-5-6-34(15)7-10(29-9)13-30-12(26)11-14(31-13)32-16(35)19(11,8-1-2-8)17(36)33-27/h5-8H,1-4,27H2,(H,33,36)(H3,26,30,31,32,35). The molecule has 1 fully saturated rings. The first-order valence-corrected chi connectivity index (χ1v) is 10.7. The van der Waals surface area contributed by atoms with Crippen LogP contribution < -0.4 is 22.3 Å². The van der Waals surface area contributed by atoms with Crippen LogP contribution in [0.3, 0.4) is 0 Å². The molecular weight excluding hydrogens is 493 g/mol. The lowest BCUT2D eigenvalue weighted by Crippen LogP contribution is -2.53. The van der Waals surface area contributed by atoms with Crippen LogP contribution in [-0.2, 0) is 21.4 Å². The summed E-state index contributed by atoms with van der Waals surface area (Å²) >= 11 is 0. The van der Waals surface area contributed by atoms with Crippen molar-refractivity contribution in [1.29, 1.82) is 0 Å². The lowest BCUT2D eigenvalue weighted by atomic mass is 9.76. The average molecular weight is 511 g/mol. The quantitative estimate of drug-likeness (QED) is 0.127. The Morgan fingerprint density at radius 3 is 2.58 bits per heavy atom. The Kier molecular flexibility index (Phi) is 5.14. The van der Waals surface area contributed by atoms with Crippen molar-refractivity contribution < 1.29 is 31.5 Å². The number of hydrogen-bond acceptors (Lipinski definition) is 8. The monoisotopic (exact) mass is 511 g/mol. The van der Waals surface area contributed by atoms with Gasteiger partial charge in [0.25, 0.3) is 5.91 Å². The molecule has 11 nitrogen and oxygen atoms in total. The number of aryl methyl sites for hydroxylation is 1. The number of carbonyl (C=O) groups excluding carboxylic acids is 2. The maximum absolute atomic E-state index is 13.5. The Hall–Kier alpha value is -3.95. The summed E-state index contributed by atoms with van der Waals surface area (Å²) in [6, 6.07) is 0. The van der Waals surface area contributed by atoms with E-state index in [2.05, 4.69) is 25.3 Å². The highest BCUT2D eigenvalue weighted by Gasteiger charge is 2.63. The fourth-order valence-electron chi connectivity index (χ4n) is 4.50. The van der Waals surface area contributed by atoms with E-state index in [-0.39, 0.29) is 46.0 Å². The third-order valence-electron chi connectivity index (χ3n) is 6.36. The molecular formula is C20H18F5N9O2. The molecule has 0 bridgehead atoms. The molecule has 0 spiro atoms. The van der Waals surface area contributed by atoms with Gasteiger partial charge in [-0.1, -0.05) is 0 Å². The fraction of sp³-hybridized carbons (Fsp3) is 0.400. The van der Waals surface area contributed by atoms with Crippen LogP contribution in [0.15, 0.2) is 18.6 Å². The van der Waals surface area contributed by atoms with E-state index in [0.717, 1.165) is 0 Å². The van der Waals surface area contributed by atoms with Gasteiger partial charge in [-0.15, -0.1) is 0 Å². The molecule has 2 amide bonds. The second-order valence-electron chi connectivity index (χ2n) is 8.60. The minimum absolute atomic E-state index is 0.0261. The molecule has 6 N–H and O–H groups in total. The highest BCUT2D eigenvalue weighted by molar-refractivity contribution is 6.21. The molecule has 1 aliphatic carbocycles. The van der Waals surface area contributed by atoms with Crippen molar-refractivity contribution in [3.05, 3.63) is 29.8 Å². The molecule has 1 atom stereocenters. The Bertz CT molecular complexity index is 1400. The van der Waals surface area contributed by atoms with E-state index in [1.807, 2.05) is 5.43 Å². The van der Waals surface area contributed by atoms with Gasteiger partial charge in [0.1, 0.15) is 17.3 Å². The van der Waals surface area contributed by atoms with Crippen LogP contribution in [0.25, 0.3) is 17.2 Å². The second kappa shape index (κ2) is 7.78. The smallest absolute Gasteiger partial charge is 0.383 e. The molecule has 1 aliphatic heterocycles. The van der Waals surface area contributed by atoms with Crippen molar-refractivity contribution in [1.82, 2.24) is 29.8 Å². The molecule has 36 heavy (non-hydrogen) atoms. The number of hydrazine groups is 1. The normalized spacial score (nSPS) is 19.9. The summed E-state index contributed by atoms with van der Waals surface area (Å²) in [5.41, 5.74) is 6.42. The number of rotatable bonds is 6. The number of nitrogens with two attached hydrogens (primary N) is 2. The summed E-state index contributed by atoms with van der Waals surface area (Å²) in [6.45, 7) is 0. The molecule has 0 saturated heterocycles. The van der Waals surface area contributed by atoms with Gasteiger partial charge in [-0.3, -0.25) is 15.0 Å². The highest BCUT2D eigenvalue weighted by atomic mass is 19.4. The maximum atomic E-state index is 13.5. The summed E-state index contributed by atoms with van der Waals surface area (Å²) in [5, 5.41) is 2.53. The van der Waals surface area contributed by atoms with Crippen molar-refractivity contribution in [2.24, 2.45) is 11.8 Å². The molecule has 0 radical (unpaired) electrons. The van der Waals surface area contributed by atoms with E-state index < -0.39 is 42.2 Å². The summed E-state index contributed by atoms with van der Waals surface area (Å²) in [6.07, 6.45) is -2.72. The van der Waals surface area contributed by atoms with Gasteiger partial charge >= 0.3 is 12.1 Å². The number of amides is 2. The topological polar surface area (TPSA) is 166 Å². The lowest BCUT2D eigenvalue weighted by Gasteiger charge is -2.25. The van der Waals surface area contributed by atoms with E-state index in [4.69, 9.17) is 11.6 Å². The zero-order valence-electron chi connectivity index (χ0n) is 18.2. The SMILES string of the molecule is NNC(=O)C1(C2CC2)C(=O)Nc2nc(-c3cn4ccnc4c(CCC(F)(F)C(F)(F)F)n3)nc(N)c21. The minimum atomic E-state index is -5.71. The Balaban J connectivity index is 1.58. The van der Waals surface area contributed by atoms with E-state index in [1.165, 1.54) is 23.0 Å². The minimum Gasteiger partial charge on any atom is -0.383 e. The van der Waals surface area contributed by atoms with Crippen LogP contribution in [0.2, 0.25) is 0 Å². The van der Waals surface area contributed by atoms with E-state index >= 15 is 0 Å². The van der Waals surface area contributed by atoms with Crippen LogP contribution in [0, 0.1) is 5.92 Å². The Morgan fingerprint density at radius 2 is 1.94 bits per heavy atom. The second-order valence-corrected chi connectivity index (χ2v) is 8.60. The molecule has 1 saturated carbocycles. The number of aromatic nitrogens is 5. The van der Waals surface area contributed by atoms with Crippen LogP contribution in [0.4, 0.5) is 33.6 Å². The summed E-state index contributed by atoms with van der Waals surface area (Å²) in [4.78, 5) is 42.3. The van der Waals surface area contributed by atoms with E-state index in [0.29, 0.717) is 12.8 Å². The van der Waals surface area contributed by atoms with Gasteiger partial charge in [0.15, 0.2) is 16.9 Å². The molecule has 2 aliphatic rings. The Morgan fingerprint density at radius 1 is 1.22 bits per heavy atom. The number of nitrogens with zero attached hydrogens (tertiary/aromatic N) is 5. The molecule has 190 valence electrons. The highest BCUT2D eigenvalue weighted by Crippen LogP contribution is 2.54. The molecule has 3 aromatic heterocycles. The van der Waals surface area contributed by atoms with Crippen molar-refractivity contribution in [2.75, 3.05) is 11.1 Å². The number of anilines is 2. The van der Waals surface area contributed by atoms with Gasteiger partial charge in [0.05, 0.1) is 11.3 Å². The molecule has 5 rings (SSSR count). The summed E-state index contributed by atoms with van der Waals surface area (Å²) in [5.74, 6) is -1.79. The fourth-order valence-corrected chi connectivity index (χ4v) is 4.50. The first-order valence-electron chi connectivity index (χ1n) is 10.7. The number of halogens is 5. The molecule has 16 heteroatoms. The zero-order chi connectivity index (χ0) is 26.0. The van der Waals surface area contributed by atoms with Gasteiger partial charge in [-0.05, 0) is 25.2 Å². The number of alkyl halides is 5. The maximum Gasteiger partial charge on any atom is 0.453 e. The van der Waals surface area contributed by atoms with Crippen molar-refractivity contribution in [3.63, 3.8) is 0 Å². The number of carbonyl (C=O) groups is 2. The molecule has 4 heterocycles. The van der Waals surface area contributed by atoms with Crippen LogP contribution in [-0.4, -0.2) is 48.2 Å². The van der Waals surface area contributed by atoms with Crippen molar-refractivity contribution in [2.45, 2.75) is 43.2 Å². The number of nitrogen functional groups attached to an aromatic ring is 1. The van der Waals surface area contributed by atoms with Gasteiger partial charge in [0.2, 0.25) is 5.91 Å². The largest absolute Gasteiger partial charge is 0.453 e. The molecule has 1 unspecified atom stereocenters. The first kappa shape index (κ1) is 23.8. The predicted octanol–water partition coefficient (Wildman–Crippen LogP) is 1.49. The van der Waals surface area contributed by atoms with E-state index in [9.17, 15) is 31.5 Å². The van der Waals surface area contributed by atoms with Gasteiger partial charge in [-0.25, -0.2) is 25.8 Å². The first-order chi connectivity index (χ1) is 16.9. The lowest BCUT2D eigenvalue weighted by molar-refractivity contribution is -0.284. The van der Waals surface area contributed by atoms with E-state index in [1.54, 1.807) is 0 Å². The third-order valence-corrected chi connectivity index (χ3v) is 6.36. The van der Waals surface area contributed by atoms with Crippen LogP contribution >= 0.6 is 0 Å². The van der Waals surface area contributed by atoms with Crippen LogP contribution in [0.5, 0.6) is 0 Å². The van der Waals surface area contributed by atoms with Crippen LogP contribution in [0.1, 0.15) is 30.5 Å². The Labute approximate surface area is 198 Å². The number of nitrogens with one attached hydrogen (secondary N) is 2. The third kappa shape index (κ3) is 3.42. The zero-order valence-corrected chi connectivity index (χ0v) is 18.2. The van der Waals surface area contributed by atoms with Crippen molar-refractivity contribution >= 4 is 29.1 Å². The number of hydrogen-bond donors (Lipinski definition) is 4. The van der Waals surface area contributed by atoms with Gasteiger partial charge < -0.3 is 15.5 Å².